The Balaban J connectivity index is 2.47. The Morgan fingerprint density at radius 3 is 2.31 bits per heavy atom. The van der Waals surface area contributed by atoms with E-state index in [1.165, 1.54) is 5.57 Å². The highest BCUT2D eigenvalue weighted by Crippen LogP contribution is 2.44. The van der Waals surface area contributed by atoms with E-state index < -0.39 is 5.92 Å². The van der Waals surface area contributed by atoms with Crippen LogP contribution in [0.2, 0.25) is 0 Å². The zero-order valence-electron chi connectivity index (χ0n) is 8.40. The molecule has 0 radical (unpaired) electrons. The molecule has 0 spiro atoms. The number of halogens is 2. The Hall–Kier alpha value is -0.440. The first-order valence-corrected chi connectivity index (χ1v) is 4.65. The van der Waals surface area contributed by atoms with Gasteiger partial charge in [-0.25, -0.2) is 8.78 Å². The summed E-state index contributed by atoms with van der Waals surface area (Å²) in [4.78, 5) is 0. The van der Waals surface area contributed by atoms with Crippen LogP contribution in [0.5, 0.6) is 0 Å². The maximum absolute atomic E-state index is 12.6. The van der Waals surface area contributed by atoms with Gasteiger partial charge in [0, 0.05) is 18.9 Å². The average Bonchev–Trinajstić information content (AvgIpc) is 1.95. The minimum absolute atomic E-state index is 0.0300. The van der Waals surface area contributed by atoms with Crippen molar-refractivity contribution in [2.75, 3.05) is 7.05 Å². The van der Waals surface area contributed by atoms with Gasteiger partial charge in [0.15, 0.2) is 0 Å². The van der Waals surface area contributed by atoms with Gasteiger partial charge < -0.3 is 5.32 Å². The van der Waals surface area contributed by atoms with Gasteiger partial charge in [-0.3, -0.25) is 0 Å². The average molecular weight is 189 g/mol. The van der Waals surface area contributed by atoms with Gasteiger partial charge in [0.05, 0.1) is 0 Å². The predicted octanol–water partition coefficient (Wildman–Crippen LogP) is 2.59. The van der Waals surface area contributed by atoms with Crippen LogP contribution < -0.4 is 5.32 Å². The number of hydrogen-bond acceptors (Lipinski definition) is 1. The van der Waals surface area contributed by atoms with E-state index in [1.807, 2.05) is 27.0 Å². The largest absolute Gasteiger partial charge is 0.313 e. The van der Waals surface area contributed by atoms with Crippen molar-refractivity contribution in [1.29, 1.82) is 0 Å². The Morgan fingerprint density at radius 2 is 2.00 bits per heavy atom. The zero-order chi connectivity index (χ0) is 10.1. The van der Waals surface area contributed by atoms with Crippen molar-refractivity contribution < 1.29 is 8.78 Å². The molecule has 0 saturated heterocycles. The lowest BCUT2D eigenvalue weighted by molar-refractivity contribution is -0.115. The van der Waals surface area contributed by atoms with Crippen LogP contribution >= 0.6 is 0 Å². The van der Waals surface area contributed by atoms with Gasteiger partial charge >= 0.3 is 0 Å². The monoisotopic (exact) mass is 189 g/mol. The van der Waals surface area contributed by atoms with Gasteiger partial charge in [-0.15, -0.1) is 0 Å². The maximum Gasteiger partial charge on any atom is 0.248 e. The summed E-state index contributed by atoms with van der Waals surface area (Å²) in [7, 11) is 1.82. The Labute approximate surface area is 78.2 Å². The van der Waals surface area contributed by atoms with Crippen molar-refractivity contribution in [1.82, 2.24) is 5.32 Å². The summed E-state index contributed by atoms with van der Waals surface area (Å²) in [6.45, 7) is 3.97. The molecule has 3 heteroatoms. The molecule has 1 aliphatic rings. The number of rotatable bonds is 3. The molecule has 1 fully saturated rings. The third kappa shape index (κ3) is 2.76. The molecule has 1 saturated carbocycles. The summed E-state index contributed by atoms with van der Waals surface area (Å²) in [5.41, 5.74) is 1.18. The number of hydrogen-bond donors (Lipinski definition) is 1. The highest BCUT2D eigenvalue weighted by atomic mass is 19.3. The highest BCUT2D eigenvalue weighted by molar-refractivity contribution is 5.07. The van der Waals surface area contributed by atoms with E-state index in [1.54, 1.807) is 0 Å². The number of allylic oxidation sites excluding steroid dienone is 1. The van der Waals surface area contributed by atoms with Crippen molar-refractivity contribution in [3.05, 3.63) is 11.6 Å². The second-order valence-electron chi connectivity index (χ2n) is 4.08. The van der Waals surface area contributed by atoms with Crippen molar-refractivity contribution >= 4 is 0 Å². The quantitative estimate of drug-likeness (QED) is 0.673. The second-order valence-corrected chi connectivity index (χ2v) is 4.08. The van der Waals surface area contributed by atoms with Crippen LogP contribution in [0.25, 0.3) is 0 Å². The maximum atomic E-state index is 12.6. The van der Waals surface area contributed by atoms with Crippen molar-refractivity contribution in [2.24, 2.45) is 5.92 Å². The molecule has 0 aliphatic heterocycles. The van der Waals surface area contributed by atoms with E-state index in [2.05, 4.69) is 5.32 Å². The fourth-order valence-corrected chi connectivity index (χ4v) is 1.78. The Bertz CT molecular complexity index is 199. The molecule has 0 aromatic heterocycles. The van der Waals surface area contributed by atoms with Gasteiger partial charge in [0.25, 0.3) is 0 Å². The van der Waals surface area contributed by atoms with Crippen LogP contribution in [0.4, 0.5) is 8.78 Å². The van der Waals surface area contributed by atoms with E-state index in [-0.39, 0.29) is 24.8 Å². The van der Waals surface area contributed by atoms with Gasteiger partial charge in [-0.05, 0) is 26.8 Å². The minimum Gasteiger partial charge on any atom is -0.313 e. The van der Waals surface area contributed by atoms with Crippen LogP contribution in [0, 0.1) is 5.92 Å². The third-order valence-corrected chi connectivity index (χ3v) is 2.48. The van der Waals surface area contributed by atoms with Gasteiger partial charge in [0.2, 0.25) is 5.92 Å². The topological polar surface area (TPSA) is 12.0 Å². The summed E-state index contributed by atoms with van der Waals surface area (Å²) in [6, 6.07) is 0.115. The number of likely N-dealkylation sites (N-methyl/N-ethyl adjacent to an activating group) is 1. The molecule has 1 rings (SSSR count). The summed E-state index contributed by atoms with van der Waals surface area (Å²) < 4.78 is 25.1. The summed E-state index contributed by atoms with van der Waals surface area (Å²) in [5.74, 6) is -2.30. The third-order valence-electron chi connectivity index (χ3n) is 2.48. The highest BCUT2D eigenvalue weighted by Gasteiger charge is 2.47. The summed E-state index contributed by atoms with van der Waals surface area (Å²) in [5, 5.41) is 3.06. The molecule has 0 amide bonds. The van der Waals surface area contributed by atoms with Gasteiger partial charge in [-0.2, -0.15) is 0 Å². The molecule has 1 unspecified atom stereocenters. The summed E-state index contributed by atoms with van der Waals surface area (Å²) >= 11 is 0. The van der Waals surface area contributed by atoms with Gasteiger partial charge in [-0.1, -0.05) is 11.6 Å². The Morgan fingerprint density at radius 1 is 1.46 bits per heavy atom. The van der Waals surface area contributed by atoms with E-state index in [4.69, 9.17) is 0 Å². The molecule has 1 nitrogen and oxygen atoms in total. The van der Waals surface area contributed by atoms with E-state index >= 15 is 0 Å². The van der Waals surface area contributed by atoms with Crippen molar-refractivity contribution in [3.63, 3.8) is 0 Å². The fraction of sp³-hybridized carbons (Fsp3) is 0.800. The number of alkyl halides is 2. The standard InChI is InChI=1S/C10H17F2N/c1-7(2)4-9(13-3)8-5-10(11,12)6-8/h4,8-9,13H,5-6H2,1-3H3. The molecule has 0 aromatic carbocycles. The fourth-order valence-electron chi connectivity index (χ4n) is 1.78. The first-order valence-electron chi connectivity index (χ1n) is 4.65. The molecule has 0 aromatic rings. The molecule has 76 valence electrons. The molecule has 0 bridgehead atoms. The van der Waals surface area contributed by atoms with Crippen LogP contribution in [0.3, 0.4) is 0 Å². The minimum atomic E-state index is -2.41. The SMILES string of the molecule is CNC(C=C(C)C)C1CC(F)(F)C1. The molecule has 1 aliphatic carbocycles. The van der Waals surface area contributed by atoms with Gasteiger partial charge in [0.1, 0.15) is 0 Å². The van der Waals surface area contributed by atoms with Crippen LogP contribution in [-0.4, -0.2) is 19.0 Å². The molecule has 1 N–H and O–H groups in total. The lowest BCUT2D eigenvalue weighted by Gasteiger charge is -2.39. The van der Waals surface area contributed by atoms with Crippen LogP contribution in [-0.2, 0) is 0 Å². The zero-order valence-corrected chi connectivity index (χ0v) is 8.40. The molecular weight excluding hydrogens is 172 g/mol. The smallest absolute Gasteiger partial charge is 0.248 e. The molecule has 0 heterocycles. The molecule has 13 heavy (non-hydrogen) atoms. The van der Waals surface area contributed by atoms with Crippen molar-refractivity contribution in [2.45, 2.75) is 38.7 Å². The first-order chi connectivity index (χ1) is 5.94. The lowest BCUT2D eigenvalue weighted by atomic mass is 9.76. The lowest BCUT2D eigenvalue weighted by Crippen LogP contribution is -2.46. The Kier molecular flexibility index (Phi) is 3.06. The van der Waals surface area contributed by atoms with E-state index in [9.17, 15) is 8.78 Å². The second kappa shape index (κ2) is 3.74. The normalized spacial score (nSPS) is 23.5. The first kappa shape index (κ1) is 10.6. The van der Waals surface area contributed by atoms with E-state index in [0.29, 0.717) is 0 Å². The molecule has 1 atom stereocenters. The summed E-state index contributed by atoms with van der Waals surface area (Å²) in [6.07, 6.45) is 2.09. The predicted molar refractivity (Wildman–Crippen MR) is 49.9 cm³/mol. The van der Waals surface area contributed by atoms with Crippen molar-refractivity contribution in [3.8, 4) is 0 Å². The van der Waals surface area contributed by atoms with Crippen LogP contribution in [0.15, 0.2) is 11.6 Å². The van der Waals surface area contributed by atoms with E-state index in [0.717, 1.165) is 0 Å². The number of nitrogens with one attached hydrogen (secondary N) is 1. The van der Waals surface area contributed by atoms with Crippen LogP contribution in [0.1, 0.15) is 26.7 Å². The molecular formula is C10H17F2N.